The van der Waals surface area contributed by atoms with Crippen LogP contribution in [0.3, 0.4) is 0 Å². The maximum atomic E-state index is 14.2. The Balaban J connectivity index is 1.39. The lowest BCUT2D eigenvalue weighted by Gasteiger charge is -2.49. The van der Waals surface area contributed by atoms with Gasteiger partial charge in [-0.05, 0) is 44.4 Å². The SMILES string of the molecule is CN(C)C(=O)C=Cc1cccc(CN2O[C@@H]3[C@H]4OCO[C@H]4[C@@H]4C[C@]3(C(=O)N[C@H](CO)CCC(=O)OC(C)(C)C)[C@@H]2C(=O)O4)c1. The lowest BCUT2D eigenvalue weighted by molar-refractivity contribution is -0.201. The molecule has 3 heterocycles. The van der Waals surface area contributed by atoms with Crippen molar-refractivity contribution in [2.75, 3.05) is 27.5 Å². The van der Waals surface area contributed by atoms with Gasteiger partial charge in [-0.15, -0.1) is 0 Å². The fourth-order valence-corrected chi connectivity index (χ4v) is 6.34. The maximum absolute atomic E-state index is 14.2. The number of rotatable bonds is 10. The van der Waals surface area contributed by atoms with E-state index in [0.717, 1.165) is 11.1 Å². The van der Waals surface area contributed by atoms with Gasteiger partial charge in [-0.3, -0.25) is 24.0 Å². The Morgan fingerprint density at radius 2 is 1.98 bits per heavy atom. The predicted molar refractivity (Wildman–Crippen MR) is 154 cm³/mol. The summed E-state index contributed by atoms with van der Waals surface area (Å²) in [6.07, 6.45) is 0.604. The van der Waals surface area contributed by atoms with E-state index < -0.39 is 72.0 Å². The number of hydrogen-bond donors (Lipinski definition) is 2. The largest absolute Gasteiger partial charge is 0.460 e. The average molecular weight is 616 g/mol. The highest BCUT2D eigenvalue weighted by Crippen LogP contribution is 2.55. The van der Waals surface area contributed by atoms with Crippen LogP contribution in [0.1, 0.15) is 51.2 Å². The van der Waals surface area contributed by atoms with E-state index in [9.17, 15) is 24.3 Å². The van der Waals surface area contributed by atoms with Gasteiger partial charge in [-0.25, -0.2) is 0 Å². The zero-order valence-electron chi connectivity index (χ0n) is 25.7. The van der Waals surface area contributed by atoms with Crippen LogP contribution in [0, 0.1) is 5.41 Å². The Hall–Kier alpha value is -3.36. The van der Waals surface area contributed by atoms with Crippen LogP contribution in [-0.2, 0) is 49.5 Å². The fraction of sp³-hybridized carbons (Fsp3) is 0.613. The monoisotopic (exact) mass is 615 g/mol. The Bertz CT molecular complexity index is 1310. The van der Waals surface area contributed by atoms with Gasteiger partial charge in [0.05, 0.1) is 19.2 Å². The Morgan fingerprint density at radius 1 is 1.23 bits per heavy atom. The van der Waals surface area contributed by atoms with E-state index in [4.69, 9.17) is 23.8 Å². The maximum Gasteiger partial charge on any atom is 0.327 e. The quantitative estimate of drug-likeness (QED) is 0.286. The molecule has 1 aromatic rings. The van der Waals surface area contributed by atoms with Gasteiger partial charge < -0.3 is 34.3 Å². The molecule has 13 heteroatoms. The molecule has 4 aliphatic rings. The lowest BCUT2D eigenvalue weighted by Crippen LogP contribution is -2.70. The predicted octanol–water partition coefficient (Wildman–Crippen LogP) is 0.928. The summed E-state index contributed by atoms with van der Waals surface area (Å²) >= 11 is 0. The Morgan fingerprint density at radius 3 is 2.68 bits per heavy atom. The fourth-order valence-electron chi connectivity index (χ4n) is 6.34. The second-order valence-corrected chi connectivity index (χ2v) is 12.9. The molecule has 3 saturated heterocycles. The number of aliphatic hydroxyl groups excluding tert-OH is 1. The highest BCUT2D eigenvalue weighted by molar-refractivity contribution is 5.94. The minimum Gasteiger partial charge on any atom is -0.460 e. The van der Waals surface area contributed by atoms with Crippen molar-refractivity contribution in [2.24, 2.45) is 5.41 Å². The number of benzene rings is 1. The summed E-state index contributed by atoms with van der Waals surface area (Å²) in [5.41, 5.74) is -0.507. The number of ether oxygens (including phenoxy) is 4. The van der Waals surface area contributed by atoms with Gasteiger partial charge in [0.15, 0.2) is 6.04 Å². The van der Waals surface area contributed by atoms with Gasteiger partial charge in [0.25, 0.3) is 0 Å². The molecule has 13 nitrogen and oxygen atoms in total. The van der Waals surface area contributed by atoms with Crippen molar-refractivity contribution >= 4 is 29.8 Å². The van der Waals surface area contributed by atoms with Gasteiger partial charge >= 0.3 is 11.9 Å². The van der Waals surface area contributed by atoms with Crippen LogP contribution in [0.2, 0.25) is 0 Å². The highest BCUT2D eigenvalue weighted by atomic mass is 16.8. The molecule has 44 heavy (non-hydrogen) atoms. The van der Waals surface area contributed by atoms with Gasteiger partial charge in [-0.2, -0.15) is 5.06 Å². The molecule has 1 saturated carbocycles. The van der Waals surface area contributed by atoms with Crippen molar-refractivity contribution < 1.29 is 48.1 Å². The summed E-state index contributed by atoms with van der Waals surface area (Å²) in [4.78, 5) is 60.0. The summed E-state index contributed by atoms with van der Waals surface area (Å²) in [5, 5.41) is 14.4. The number of nitrogens with zero attached hydrogens (tertiary/aromatic N) is 2. The van der Waals surface area contributed by atoms with Crippen LogP contribution >= 0.6 is 0 Å². The summed E-state index contributed by atoms with van der Waals surface area (Å²) in [6, 6.07) is 5.54. The molecule has 3 aliphatic heterocycles. The Labute approximate surface area is 256 Å². The zero-order chi connectivity index (χ0) is 31.8. The van der Waals surface area contributed by atoms with Crippen LogP contribution in [0.15, 0.2) is 30.3 Å². The summed E-state index contributed by atoms with van der Waals surface area (Å²) in [6.45, 7) is 4.99. The van der Waals surface area contributed by atoms with E-state index in [0.29, 0.717) is 0 Å². The molecule has 7 atom stereocenters. The molecule has 5 rings (SSSR count). The first-order valence-corrected chi connectivity index (χ1v) is 14.8. The summed E-state index contributed by atoms with van der Waals surface area (Å²) in [7, 11) is 3.33. The van der Waals surface area contributed by atoms with Crippen LogP contribution in [0.4, 0.5) is 0 Å². The molecule has 2 amide bonds. The molecule has 2 bridgehead atoms. The van der Waals surface area contributed by atoms with E-state index in [2.05, 4.69) is 5.32 Å². The second-order valence-electron chi connectivity index (χ2n) is 12.9. The van der Waals surface area contributed by atoms with Crippen LogP contribution in [-0.4, -0.2) is 108 Å². The standard InChI is InChI=1S/C31H41N3O10/c1-30(2,3)43-23(37)12-10-20(16-35)32-29(39)31-14-21-24-25(41-17-40-24)27(31)44-34(26(31)28(38)42-21)15-19-8-6-7-18(13-19)9-11-22(36)33(4)5/h6-9,11,13,20-21,24-27,35H,10,12,14-17H2,1-5H3,(H,32,39)/t20-,21-,24-,25-,26-,27+,31-/m0/s1. The number of carbonyl (C=O) groups is 4. The molecule has 2 N–H and O–H groups in total. The van der Waals surface area contributed by atoms with E-state index in [-0.39, 0.29) is 38.5 Å². The smallest absolute Gasteiger partial charge is 0.327 e. The van der Waals surface area contributed by atoms with E-state index in [1.165, 1.54) is 16.0 Å². The number of amides is 2. The zero-order valence-corrected chi connectivity index (χ0v) is 25.7. The van der Waals surface area contributed by atoms with E-state index in [1.807, 2.05) is 24.3 Å². The Kier molecular flexibility index (Phi) is 9.15. The van der Waals surface area contributed by atoms with Gasteiger partial charge in [-0.1, -0.05) is 24.3 Å². The third kappa shape index (κ3) is 6.38. The minimum atomic E-state index is -1.40. The highest BCUT2D eigenvalue weighted by Gasteiger charge is 2.74. The van der Waals surface area contributed by atoms with Crippen LogP contribution in [0.5, 0.6) is 0 Å². The number of hydrogen-bond acceptors (Lipinski definition) is 11. The molecule has 0 radical (unpaired) electrons. The molecular formula is C31H41N3O10. The van der Waals surface area contributed by atoms with Crippen molar-refractivity contribution in [3.8, 4) is 0 Å². The van der Waals surface area contributed by atoms with Crippen molar-refractivity contribution in [1.29, 1.82) is 0 Å². The number of aliphatic hydroxyl groups is 1. The molecule has 1 aromatic carbocycles. The number of esters is 2. The molecule has 1 aliphatic carbocycles. The summed E-state index contributed by atoms with van der Waals surface area (Å²) < 4.78 is 22.8. The summed E-state index contributed by atoms with van der Waals surface area (Å²) in [5.74, 6) is -1.71. The van der Waals surface area contributed by atoms with E-state index in [1.54, 1.807) is 40.9 Å². The first-order chi connectivity index (χ1) is 20.8. The lowest BCUT2D eigenvalue weighted by atomic mass is 9.62. The number of nitrogens with one attached hydrogen (secondary N) is 1. The number of hydroxylamine groups is 2. The number of carbonyl (C=O) groups excluding carboxylic acids is 4. The number of fused-ring (bicyclic) bond motifs is 4. The normalized spacial score (nSPS) is 30.0. The minimum absolute atomic E-state index is 0.0114. The average Bonchev–Trinajstić information content (AvgIpc) is 3.58. The second kappa shape index (κ2) is 12.6. The molecule has 240 valence electrons. The molecule has 0 aromatic heterocycles. The van der Waals surface area contributed by atoms with Crippen molar-refractivity contribution in [2.45, 2.75) is 88.7 Å². The molecule has 0 spiro atoms. The molecule has 4 fully saturated rings. The molecular weight excluding hydrogens is 574 g/mol. The van der Waals surface area contributed by atoms with Gasteiger partial charge in [0.2, 0.25) is 11.8 Å². The molecule has 0 unspecified atom stereocenters. The van der Waals surface area contributed by atoms with E-state index >= 15 is 0 Å². The van der Waals surface area contributed by atoms with Gasteiger partial charge in [0, 0.05) is 33.0 Å². The van der Waals surface area contributed by atoms with Crippen LogP contribution < -0.4 is 5.32 Å². The van der Waals surface area contributed by atoms with Crippen molar-refractivity contribution in [3.05, 3.63) is 41.5 Å². The topological polar surface area (TPSA) is 153 Å². The third-order valence-corrected chi connectivity index (χ3v) is 8.32. The van der Waals surface area contributed by atoms with Gasteiger partial charge in [0.1, 0.15) is 42.2 Å². The number of likely N-dealkylation sites (N-methyl/N-ethyl adjacent to an activating group) is 1. The third-order valence-electron chi connectivity index (χ3n) is 8.32. The van der Waals surface area contributed by atoms with Crippen LogP contribution in [0.25, 0.3) is 6.08 Å². The van der Waals surface area contributed by atoms with Crippen molar-refractivity contribution in [3.63, 3.8) is 0 Å². The first kappa shape index (κ1) is 32.0. The first-order valence-electron chi connectivity index (χ1n) is 14.8. The van der Waals surface area contributed by atoms with Crippen molar-refractivity contribution in [1.82, 2.24) is 15.3 Å².